The molecule has 0 heterocycles. The molecule has 43 heavy (non-hydrogen) atoms. The number of hydrogen-bond acceptors (Lipinski definition) is 4. The van der Waals surface area contributed by atoms with Gasteiger partial charge in [-0.05, 0) is 67.1 Å². The van der Waals surface area contributed by atoms with Gasteiger partial charge in [-0.3, -0.25) is 13.9 Å². The summed E-state index contributed by atoms with van der Waals surface area (Å²) in [6.45, 7) is 2.14. The van der Waals surface area contributed by atoms with Crippen LogP contribution < -0.4 is 9.62 Å². The summed E-state index contributed by atoms with van der Waals surface area (Å²) in [5, 5.41) is 3.21. The molecule has 0 aliphatic heterocycles. The number of nitrogens with one attached hydrogen (secondary N) is 1. The summed E-state index contributed by atoms with van der Waals surface area (Å²) in [7, 11) is -3.58. The Morgan fingerprint density at radius 2 is 1.63 bits per heavy atom. The molecule has 1 atom stereocenters. The Hall–Kier alpha value is -3.72. The van der Waals surface area contributed by atoms with Crippen molar-refractivity contribution in [2.75, 3.05) is 17.1 Å². The number of anilines is 1. The second-order valence-corrected chi connectivity index (χ2v) is 13.4. The first-order valence-corrected chi connectivity index (χ1v) is 16.9. The predicted octanol–water partition coefficient (Wildman–Crippen LogP) is 5.77. The van der Waals surface area contributed by atoms with Crippen molar-refractivity contribution < 1.29 is 22.4 Å². The largest absolute Gasteiger partial charge is 0.352 e. The lowest BCUT2D eigenvalue weighted by Gasteiger charge is -2.34. The van der Waals surface area contributed by atoms with Crippen LogP contribution in [0.5, 0.6) is 0 Å². The van der Waals surface area contributed by atoms with Gasteiger partial charge in [-0.25, -0.2) is 12.8 Å². The van der Waals surface area contributed by atoms with Crippen molar-refractivity contribution in [3.8, 4) is 0 Å². The topological polar surface area (TPSA) is 86.8 Å². The van der Waals surface area contributed by atoms with Gasteiger partial charge in [-0.2, -0.15) is 0 Å². The zero-order chi connectivity index (χ0) is 30.8. The van der Waals surface area contributed by atoms with E-state index in [4.69, 9.17) is 0 Å². The van der Waals surface area contributed by atoms with E-state index in [0.29, 0.717) is 17.7 Å². The van der Waals surface area contributed by atoms with E-state index >= 15 is 0 Å². The fraction of sp³-hybridized carbons (Fsp3) is 0.412. The SMILES string of the molecule is Cc1cccc(N(CCCC(=O)N(Cc2ccc(F)cc2)[C@@H](Cc2ccccc2)C(=O)NC2CCCCC2)S(C)(=O)=O)c1. The zero-order valence-corrected chi connectivity index (χ0v) is 25.9. The maximum absolute atomic E-state index is 14.0. The van der Waals surface area contributed by atoms with Crippen molar-refractivity contribution in [2.24, 2.45) is 0 Å². The molecule has 0 aromatic heterocycles. The number of nitrogens with zero attached hydrogens (tertiary/aromatic N) is 2. The Labute approximate surface area is 255 Å². The van der Waals surface area contributed by atoms with Crippen LogP contribution in [0.3, 0.4) is 0 Å². The first-order valence-electron chi connectivity index (χ1n) is 15.0. The van der Waals surface area contributed by atoms with Crippen LogP contribution in [0.25, 0.3) is 0 Å². The second-order valence-electron chi connectivity index (χ2n) is 11.5. The van der Waals surface area contributed by atoms with Crippen LogP contribution in [0.4, 0.5) is 10.1 Å². The molecule has 1 N–H and O–H groups in total. The molecular formula is C34H42FN3O4S. The summed E-state index contributed by atoms with van der Waals surface area (Å²) < 4.78 is 40.4. The van der Waals surface area contributed by atoms with E-state index in [-0.39, 0.29) is 49.6 Å². The molecule has 3 aromatic rings. The number of carbonyl (C=O) groups excluding carboxylic acids is 2. The highest BCUT2D eigenvalue weighted by Crippen LogP contribution is 2.22. The Morgan fingerprint density at radius 1 is 0.930 bits per heavy atom. The van der Waals surface area contributed by atoms with Gasteiger partial charge in [-0.1, -0.05) is 73.9 Å². The van der Waals surface area contributed by atoms with E-state index in [1.54, 1.807) is 35.2 Å². The summed E-state index contributed by atoms with van der Waals surface area (Å²) in [5.74, 6) is -0.847. The third-order valence-electron chi connectivity index (χ3n) is 7.93. The number of hydrogen-bond donors (Lipinski definition) is 1. The maximum atomic E-state index is 14.0. The standard InChI is InChI=1S/C34H42FN3O4S/c1-26-11-9-16-31(23-26)38(43(2,41)42)22-10-17-33(39)37(25-28-18-20-29(35)21-19-28)32(24-27-12-5-3-6-13-27)34(40)36-30-14-7-4-8-15-30/h3,5-6,9,11-13,16,18-21,23,30,32H,4,7-8,10,14-15,17,22,24-25H2,1-2H3,(H,36,40)/t32-/m0/s1. The van der Waals surface area contributed by atoms with E-state index in [1.807, 2.05) is 43.3 Å². The predicted molar refractivity (Wildman–Crippen MR) is 169 cm³/mol. The molecule has 7 nitrogen and oxygen atoms in total. The minimum atomic E-state index is -3.58. The van der Waals surface area contributed by atoms with Crippen LogP contribution in [-0.4, -0.2) is 50.0 Å². The smallest absolute Gasteiger partial charge is 0.243 e. The number of halogens is 1. The summed E-state index contributed by atoms with van der Waals surface area (Å²) in [6, 6.07) is 22.0. The van der Waals surface area contributed by atoms with Gasteiger partial charge in [0.1, 0.15) is 11.9 Å². The molecule has 0 bridgehead atoms. The van der Waals surface area contributed by atoms with Crippen molar-refractivity contribution >= 4 is 27.5 Å². The quantitative estimate of drug-likeness (QED) is 0.267. The van der Waals surface area contributed by atoms with Gasteiger partial charge in [0.25, 0.3) is 0 Å². The van der Waals surface area contributed by atoms with Crippen molar-refractivity contribution in [1.82, 2.24) is 10.2 Å². The molecule has 230 valence electrons. The van der Waals surface area contributed by atoms with Crippen molar-refractivity contribution in [3.05, 3.63) is 101 Å². The normalized spacial score (nSPS) is 14.6. The molecule has 0 radical (unpaired) electrons. The molecule has 2 amide bonds. The number of amides is 2. The van der Waals surface area contributed by atoms with E-state index in [0.717, 1.165) is 49.5 Å². The highest BCUT2D eigenvalue weighted by atomic mass is 32.2. The average Bonchev–Trinajstić information content (AvgIpc) is 2.98. The Bertz CT molecular complexity index is 1460. The summed E-state index contributed by atoms with van der Waals surface area (Å²) in [5.41, 5.74) is 3.11. The molecule has 1 aliphatic rings. The Kier molecular flexibility index (Phi) is 11.3. The lowest BCUT2D eigenvalue weighted by molar-refractivity contribution is -0.141. The monoisotopic (exact) mass is 607 g/mol. The van der Waals surface area contributed by atoms with Crippen LogP contribution in [0.2, 0.25) is 0 Å². The average molecular weight is 608 g/mol. The van der Waals surface area contributed by atoms with Gasteiger partial charge in [0.2, 0.25) is 21.8 Å². The van der Waals surface area contributed by atoms with Crippen LogP contribution in [0.15, 0.2) is 78.9 Å². The number of rotatable bonds is 13. The molecular weight excluding hydrogens is 565 g/mol. The van der Waals surface area contributed by atoms with Crippen LogP contribution in [-0.2, 0) is 32.6 Å². The highest BCUT2D eigenvalue weighted by Gasteiger charge is 2.32. The third kappa shape index (κ3) is 9.64. The van der Waals surface area contributed by atoms with Crippen LogP contribution >= 0.6 is 0 Å². The zero-order valence-electron chi connectivity index (χ0n) is 25.0. The highest BCUT2D eigenvalue weighted by molar-refractivity contribution is 7.92. The summed E-state index contributed by atoms with van der Waals surface area (Å²) in [6.07, 6.45) is 6.89. The number of benzene rings is 3. The van der Waals surface area contributed by atoms with Gasteiger partial charge in [0, 0.05) is 32.0 Å². The van der Waals surface area contributed by atoms with Crippen molar-refractivity contribution in [3.63, 3.8) is 0 Å². The van der Waals surface area contributed by atoms with Gasteiger partial charge in [-0.15, -0.1) is 0 Å². The number of aryl methyl sites for hydroxylation is 1. The van der Waals surface area contributed by atoms with E-state index < -0.39 is 16.1 Å². The molecule has 1 fully saturated rings. The number of sulfonamides is 1. The minimum absolute atomic E-state index is 0.0427. The second kappa shape index (κ2) is 15.1. The molecule has 4 rings (SSSR count). The van der Waals surface area contributed by atoms with Crippen molar-refractivity contribution in [1.29, 1.82) is 0 Å². The molecule has 0 unspecified atom stereocenters. The molecule has 1 aliphatic carbocycles. The lowest BCUT2D eigenvalue weighted by atomic mass is 9.94. The fourth-order valence-corrected chi connectivity index (χ4v) is 6.63. The Balaban J connectivity index is 1.58. The maximum Gasteiger partial charge on any atom is 0.243 e. The van der Waals surface area contributed by atoms with Crippen molar-refractivity contribution in [2.45, 2.75) is 76.9 Å². The van der Waals surface area contributed by atoms with Crippen LogP contribution in [0.1, 0.15) is 61.6 Å². The van der Waals surface area contributed by atoms with Gasteiger partial charge in [0.15, 0.2) is 0 Å². The molecule has 3 aromatic carbocycles. The summed E-state index contributed by atoms with van der Waals surface area (Å²) >= 11 is 0. The van der Waals surface area contributed by atoms with Crippen LogP contribution in [0, 0.1) is 12.7 Å². The molecule has 0 saturated heterocycles. The third-order valence-corrected chi connectivity index (χ3v) is 9.12. The lowest BCUT2D eigenvalue weighted by Crippen LogP contribution is -2.52. The fourth-order valence-electron chi connectivity index (χ4n) is 5.67. The van der Waals surface area contributed by atoms with E-state index in [2.05, 4.69) is 5.32 Å². The minimum Gasteiger partial charge on any atom is -0.352 e. The summed E-state index contributed by atoms with van der Waals surface area (Å²) in [4.78, 5) is 29.4. The first-order chi connectivity index (χ1) is 20.6. The van der Waals surface area contributed by atoms with Gasteiger partial charge >= 0.3 is 0 Å². The molecule has 9 heteroatoms. The van der Waals surface area contributed by atoms with E-state index in [9.17, 15) is 22.4 Å². The van der Waals surface area contributed by atoms with Gasteiger partial charge < -0.3 is 10.2 Å². The van der Waals surface area contributed by atoms with Gasteiger partial charge in [0.05, 0.1) is 11.9 Å². The van der Waals surface area contributed by atoms with E-state index in [1.165, 1.54) is 16.4 Å². The Morgan fingerprint density at radius 3 is 2.28 bits per heavy atom. The first kappa shape index (κ1) is 32.2. The number of carbonyl (C=O) groups is 2. The molecule has 1 saturated carbocycles. The molecule has 0 spiro atoms.